The lowest BCUT2D eigenvalue weighted by atomic mass is 9.63. The number of hydrogen-bond donors (Lipinski definition) is 1. The molecule has 2 aliphatic carbocycles. The van der Waals surface area contributed by atoms with E-state index in [1.165, 1.54) is 6.08 Å². The number of para-hydroxylation sites is 1. The van der Waals surface area contributed by atoms with Gasteiger partial charge in [-0.05, 0) is 67.7 Å². The zero-order valence-corrected chi connectivity index (χ0v) is 20.4. The van der Waals surface area contributed by atoms with Crippen molar-refractivity contribution in [2.45, 2.75) is 56.5 Å². The van der Waals surface area contributed by atoms with Crippen LogP contribution >= 0.6 is 11.6 Å². The first-order valence-corrected chi connectivity index (χ1v) is 12.5. The Morgan fingerprint density at radius 1 is 1.09 bits per heavy atom. The minimum Gasteiger partial charge on any atom is -0.459 e. The average Bonchev–Trinajstić information content (AvgIpc) is 3.45. The molecule has 2 saturated heterocycles. The quantitative estimate of drug-likeness (QED) is 0.605. The number of benzene rings is 2. The maximum atomic E-state index is 13.7. The molecule has 35 heavy (non-hydrogen) atoms. The van der Waals surface area contributed by atoms with Crippen LogP contribution in [0.4, 0.5) is 5.69 Å². The summed E-state index contributed by atoms with van der Waals surface area (Å²) in [6, 6.07) is 16.9. The van der Waals surface area contributed by atoms with Gasteiger partial charge in [-0.15, -0.1) is 0 Å². The van der Waals surface area contributed by atoms with Gasteiger partial charge in [-0.25, -0.2) is 9.86 Å². The normalized spacial score (nSPS) is 40.1. The van der Waals surface area contributed by atoms with Gasteiger partial charge >= 0.3 is 5.97 Å². The van der Waals surface area contributed by atoms with Crippen LogP contribution in [0.1, 0.15) is 44.7 Å². The second kappa shape index (κ2) is 7.66. The Morgan fingerprint density at radius 2 is 1.86 bits per heavy atom. The summed E-state index contributed by atoms with van der Waals surface area (Å²) in [4.78, 5) is 33.5. The van der Waals surface area contributed by atoms with E-state index in [0.717, 1.165) is 11.3 Å². The van der Waals surface area contributed by atoms with Crippen molar-refractivity contribution in [1.29, 1.82) is 0 Å². The molecule has 4 aliphatic rings. The molecule has 6 nitrogen and oxygen atoms in total. The summed E-state index contributed by atoms with van der Waals surface area (Å²) in [6.45, 7) is 3.69. The highest BCUT2D eigenvalue weighted by molar-refractivity contribution is 6.30. The number of carbonyl (C=O) groups excluding carboxylic acids is 2. The summed E-state index contributed by atoms with van der Waals surface area (Å²) in [7, 11) is 0. The molecule has 7 atom stereocenters. The van der Waals surface area contributed by atoms with Crippen molar-refractivity contribution in [2.75, 3.05) is 5.06 Å². The van der Waals surface area contributed by atoms with Crippen LogP contribution in [0.3, 0.4) is 0 Å². The lowest BCUT2D eigenvalue weighted by Gasteiger charge is -2.43. The van der Waals surface area contributed by atoms with Crippen LogP contribution in [-0.2, 0) is 19.2 Å². The number of nitrogens with zero attached hydrogens (tertiary/aromatic N) is 1. The molecule has 2 aromatic rings. The van der Waals surface area contributed by atoms with E-state index in [1.54, 1.807) is 18.1 Å². The van der Waals surface area contributed by atoms with E-state index in [9.17, 15) is 14.7 Å². The summed E-state index contributed by atoms with van der Waals surface area (Å²) in [5.41, 5.74) is -2.17. The topological polar surface area (TPSA) is 76.1 Å². The van der Waals surface area contributed by atoms with E-state index in [1.807, 2.05) is 61.5 Å². The number of anilines is 1. The maximum absolute atomic E-state index is 13.7. The number of fused-ring (bicyclic) bond motifs is 4. The zero-order chi connectivity index (χ0) is 24.6. The van der Waals surface area contributed by atoms with E-state index < -0.39 is 34.6 Å². The summed E-state index contributed by atoms with van der Waals surface area (Å²) in [5, 5.41) is 14.1. The number of hydrogen-bond acceptors (Lipinski definition) is 6. The smallest absolute Gasteiger partial charge is 0.342 e. The molecule has 3 fully saturated rings. The van der Waals surface area contributed by atoms with Crippen LogP contribution in [0.25, 0.3) is 0 Å². The Bertz CT molecular complexity index is 1230. The van der Waals surface area contributed by atoms with Gasteiger partial charge in [0.15, 0.2) is 5.78 Å². The number of allylic oxidation sites excluding steroid dienone is 1. The highest BCUT2D eigenvalue weighted by Gasteiger charge is 2.74. The van der Waals surface area contributed by atoms with Gasteiger partial charge in [0.1, 0.15) is 11.7 Å². The second-order valence-electron chi connectivity index (χ2n) is 10.6. The van der Waals surface area contributed by atoms with Crippen LogP contribution in [-0.4, -0.2) is 34.2 Å². The fraction of sp³-hybridized carbons (Fsp3) is 0.429. The van der Waals surface area contributed by atoms with Crippen molar-refractivity contribution in [2.24, 2.45) is 17.3 Å². The van der Waals surface area contributed by atoms with Crippen LogP contribution in [0.5, 0.6) is 0 Å². The van der Waals surface area contributed by atoms with E-state index >= 15 is 0 Å². The Hall–Kier alpha value is -2.67. The Balaban J connectivity index is 1.46. The van der Waals surface area contributed by atoms with Gasteiger partial charge in [0.25, 0.3) is 0 Å². The lowest BCUT2D eigenvalue weighted by Crippen LogP contribution is -2.57. The van der Waals surface area contributed by atoms with Crippen molar-refractivity contribution in [1.82, 2.24) is 0 Å². The first kappa shape index (κ1) is 22.8. The molecule has 2 aromatic carbocycles. The summed E-state index contributed by atoms with van der Waals surface area (Å²) >= 11 is 6.33. The monoisotopic (exact) mass is 493 g/mol. The number of aliphatic hydroxyl groups is 1. The molecule has 0 amide bonds. The van der Waals surface area contributed by atoms with Gasteiger partial charge in [0.05, 0.1) is 17.1 Å². The first-order chi connectivity index (χ1) is 16.7. The standard InChI is InChI=1S/C28H28ClNO5/c1-17-11-12-21-24(26(2)23(31)13-14-28(17,26)33)34-25(32)27(21)16-22(18-7-6-8-19(29)15-18)30(35-27)20-9-4-3-5-10-20/h3-10,13-15,17,21-22,24,33H,11-12,16H2,1-2H3/t17-,21+,22?,24+,26-,27?,28+/m0/s1. The van der Waals surface area contributed by atoms with E-state index in [2.05, 4.69) is 0 Å². The Morgan fingerprint density at radius 3 is 2.60 bits per heavy atom. The van der Waals surface area contributed by atoms with Gasteiger partial charge < -0.3 is 9.84 Å². The second-order valence-corrected chi connectivity index (χ2v) is 11.0. The molecule has 1 N–H and O–H groups in total. The van der Waals surface area contributed by atoms with E-state index in [0.29, 0.717) is 24.3 Å². The minimum absolute atomic E-state index is 0.174. The molecule has 1 saturated carbocycles. The van der Waals surface area contributed by atoms with Crippen molar-refractivity contribution in [3.63, 3.8) is 0 Å². The number of halogens is 1. The molecule has 0 aromatic heterocycles. The Labute approximate surface area is 209 Å². The van der Waals surface area contributed by atoms with Gasteiger partial charge in [-0.2, -0.15) is 0 Å². The number of carbonyl (C=O) groups is 2. The summed E-state index contributed by atoms with van der Waals surface area (Å²) < 4.78 is 6.04. The zero-order valence-electron chi connectivity index (χ0n) is 19.7. The molecular formula is C28H28ClNO5. The number of ketones is 1. The molecule has 2 unspecified atom stereocenters. The van der Waals surface area contributed by atoms with Crippen LogP contribution in [0.2, 0.25) is 5.02 Å². The third-order valence-electron chi connectivity index (χ3n) is 8.89. The van der Waals surface area contributed by atoms with E-state index in [-0.39, 0.29) is 17.7 Å². The molecule has 0 bridgehead atoms. The molecular weight excluding hydrogens is 466 g/mol. The number of hydroxylamine groups is 1. The summed E-state index contributed by atoms with van der Waals surface area (Å²) in [5.74, 6) is -1.25. The molecule has 1 spiro atoms. The molecule has 2 aliphatic heterocycles. The van der Waals surface area contributed by atoms with Gasteiger partial charge in [-0.3, -0.25) is 9.63 Å². The predicted molar refractivity (Wildman–Crippen MR) is 131 cm³/mol. The van der Waals surface area contributed by atoms with Crippen molar-refractivity contribution in [3.05, 3.63) is 77.3 Å². The number of rotatable bonds is 2. The van der Waals surface area contributed by atoms with Crippen LogP contribution < -0.4 is 5.06 Å². The van der Waals surface area contributed by atoms with Crippen LogP contribution in [0, 0.1) is 17.3 Å². The molecule has 182 valence electrons. The SMILES string of the molecule is C[C@H]1CC[C@@H]2[C@@H](OC(=O)C23CC(c2cccc(Cl)c2)N(c2ccccc2)O3)[C@]2(C)C(=O)C=C[C@@]12O. The highest BCUT2D eigenvalue weighted by atomic mass is 35.5. The number of ether oxygens (including phenoxy) is 1. The van der Waals surface area contributed by atoms with Crippen molar-refractivity contribution >= 4 is 29.0 Å². The van der Waals surface area contributed by atoms with E-state index in [4.69, 9.17) is 21.2 Å². The Kier molecular flexibility index (Phi) is 4.99. The van der Waals surface area contributed by atoms with Gasteiger partial charge in [0, 0.05) is 17.4 Å². The fourth-order valence-electron chi connectivity index (χ4n) is 6.80. The van der Waals surface area contributed by atoms with Crippen molar-refractivity contribution in [3.8, 4) is 0 Å². The number of esters is 1. The first-order valence-electron chi connectivity index (χ1n) is 12.2. The average molecular weight is 494 g/mol. The molecule has 2 heterocycles. The minimum atomic E-state index is -1.38. The molecule has 6 rings (SSSR count). The van der Waals surface area contributed by atoms with Gasteiger partial charge in [0.2, 0.25) is 5.60 Å². The fourth-order valence-corrected chi connectivity index (χ4v) is 7.00. The third kappa shape index (κ3) is 2.97. The van der Waals surface area contributed by atoms with Gasteiger partial charge in [-0.1, -0.05) is 48.9 Å². The highest BCUT2D eigenvalue weighted by Crippen LogP contribution is 2.61. The maximum Gasteiger partial charge on any atom is 0.342 e. The van der Waals surface area contributed by atoms with Crippen molar-refractivity contribution < 1.29 is 24.3 Å². The predicted octanol–water partition coefficient (Wildman–Crippen LogP) is 4.81. The summed E-state index contributed by atoms with van der Waals surface area (Å²) in [6.07, 6.45) is 3.84. The lowest BCUT2D eigenvalue weighted by molar-refractivity contribution is -0.169. The molecule has 7 heteroatoms. The third-order valence-corrected chi connectivity index (χ3v) is 9.13. The van der Waals surface area contributed by atoms with Crippen LogP contribution in [0.15, 0.2) is 66.7 Å². The molecule has 0 radical (unpaired) electrons. The largest absolute Gasteiger partial charge is 0.459 e.